The van der Waals surface area contributed by atoms with Crippen molar-refractivity contribution in [3.63, 3.8) is 0 Å². The zero-order chi connectivity index (χ0) is 13.1. The maximum atomic E-state index is 10.7. The number of aromatic nitrogens is 2. The summed E-state index contributed by atoms with van der Waals surface area (Å²) in [6.07, 6.45) is 2.60. The molecule has 2 rings (SSSR count). The maximum absolute atomic E-state index is 10.7. The number of aryl methyl sites for hydroxylation is 2. The molecule has 0 unspecified atom stereocenters. The van der Waals surface area contributed by atoms with Crippen molar-refractivity contribution in [2.45, 2.75) is 52.2 Å². The minimum Gasteiger partial charge on any atom is -0.481 e. The fourth-order valence-corrected chi connectivity index (χ4v) is 2.28. The molecule has 1 aliphatic rings. The molecule has 100 valence electrons. The number of carboxylic acids is 1. The molecule has 1 fully saturated rings. The predicted molar refractivity (Wildman–Crippen MR) is 68.3 cm³/mol. The first kappa shape index (κ1) is 13.1. The Labute approximate surface area is 107 Å². The van der Waals surface area contributed by atoms with Crippen LogP contribution in [-0.4, -0.2) is 38.3 Å². The topological polar surface area (TPSA) is 58.4 Å². The fraction of sp³-hybridized carbons (Fsp3) is 0.692. The molecule has 1 N–H and O–H groups in total. The highest BCUT2D eigenvalue weighted by Crippen LogP contribution is 2.28. The number of carbonyl (C=O) groups is 1. The highest BCUT2D eigenvalue weighted by atomic mass is 16.4. The molecule has 18 heavy (non-hydrogen) atoms. The summed E-state index contributed by atoms with van der Waals surface area (Å²) >= 11 is 0. The van der Waals surface area contributed by atoms with Crippen LogP contribution in [0.1, 0.15) is 37.6 Å². The van der Waals surface area contributed by atoms with Gasteiger partial charge in [-0.05, 0) is 32.8 Å². The third kappa shape index (κ3) is 3.32. The van der Waals surface area contributed by atoms with Crippen LogP contribution in [-0.2, 0) is 17.9 Å². The lowest BCUT2D eigenvalue weighted by Crippen LogP contribution is -2.29. The Morgan fingerprint density at radius 2 is 2.33 bits per heavy atom. The van der Waals surface area contributed by atoms with E-state index in [0.29, 0.717) is 12.6 Å². The summed E-state index contributed by atoms with van der Waals surface area (Å²) < 4.78 is 2.01. The van der Waals surface area contributed by atoms with Gasteiger partial charge in [0.25, 0.3) is 0 Å². The van der Waals surface area contributed by atoms with Gasteiger partial charge in [0.15, 0.2) is 0 Å². The zero-order valence-electron chi connectivity index (χ0n) is 11.1. The third-order valence-electron chi connectivity index (χ3n) is 3.33. The van der Waals surface area contributed by atoms with E-state index in [9.17, 15) is 4.79 Å². The quantitative estimate of drug-likeness (QED) is 0.800. The molecule has 1 aromatic heterocycles. The molecule has 1 aromatic rings. The molecule has 0 aromatic carbocycles. The maximum Gasteiger partial charge on any atom is 0.304 e. The first-order chi connectivity index (χ1) is 8.60. The molecule has 1 heterocycles. The Kier molecular flexibility index (Phi) is 4.01. The van der Waals surface area contributed by atoms with Crippen molar-refractivity contribution >= 4 is 5.97 Å². The smallest absolute Gasteiger partial charge is 0.304 e. The SMILES string of the molecule is CCn1nc(C)cc1CN(CCC(=O)O)C1CC1. The lowest BCUT2D eigenvalue weighted by Gasteiger charge is -2.21. The molecule has 0 radical (unpaired) electrons. The van der Waals surface area contributed by atoms with E-state index in [-0.39, 0.29) is 6.42 Å². The van der Waals surface area contributed by atoms with E-state index in [1.54, 1.807) is 0 Å². The Bertz CT molecular complexity index is 424. The van der Waals surface area contributed by atoms with Crippen LogP contribution in [0.25, 0.3) is 0 Å². The second kappa shape index (κ2) is 5.52. The van der Waals surface area contributed by atoms with Crippen LogP contribution in [0.2, 0.25) is 0 Å². The molecule has 1 aliphatic carbocycles. The molecule has 5 heteroatoms. The van der Waals surface area contributed by atoms with Crippen LogP contribution >= 0.6 is 0 Å². The first-order valence-corrected chi connectivity index (χ1v) is 6.59. The van der Waals surface area contributed by atoms with E-state index < -0.39 is 5.97 Å². The van der Waals surface area contributed by atoms with Crippen LogP contribution in [0.4, 0.5) is 0 Å². The van der Waals surface area contributed by atoms with Gasteiger partial charge < -0.3 is 5.11 Å². The monoisotopic (exact) mass is 251 g/mol. The van der Waals surface area contributed by atoms with Crippen molar-refractivity contribution in [3.05, 3.63) is 17.5 Å². The highest BCUT2D eigenvalue weighted by Gasteiger charge is 2.29. The van der Waals surface area contributed by atoms with Gasteiger partial charge in [-0.25, -0.2) is 0 Å². The Morgan fingerprint density at radius 1 is 1.61 bits per heavy atom. The average molecular weight is 251 g/mol. The van der Waals surface area contributed by atoms with Gasteiger partial charge in [0.1, 0.15) is 0 Å². The molecular formula is C13H21N3O2. The molecule has 0 bridgehead atoms. The normalized spacial score (nSPS) is 15.3. The van der Waals surface area contributed by atoms with Crippen LogP contribution in [0.3, 0.4) is 0 Å². The lowest BCUT2D eigenvalue weighted by atomic mass is 10.3. The van der Waals surface area contributed by atoms with Crippen molar-refractivity contribution in [1.82, 2.24) is 14.7 Å². The van der Waals surface area contributed by atoms with Crippen molar-refractivity contribution in [2.24, 2.45) is 0 Å². The fourth-order valence-electron chi connectivity index (χ4n) is 2.28. The van der Waals surface area contributed by atoms with Crippen LogP contribution in [0.5, 0.6) is 0 Å². The van der Waals surface area contributed by atoms with Gasteiger partial charge in [0, 0.05) is 25.7 Å². The van der Waals surface area contributed by atoms with E-state index in [4.69, 9.17) is 5.11 Å². The number of rotatable bonds is 7. The lowest BCUT2D eigenvalue weighted by molar-refractivity contribution is -0.137. The summed E-state index contributed by atoms with van der Waals surface area (Å²) in [5.41, 5.74) is 2.22. The molecule has 0 saturated heterocycles. The van der Waals surface area contributed by atoms with Crippen LogP contribution < -0.4 is 0 Å². The number of nitrogens with zero attached hydrogens (tertiary/aromatic N) is 3. The van der Waals surface area contributed by atoms with Crippen LogP contribution in [0, 0.1) is 6.92 Å². The largest absolute Gasteiger partial charge is 0.481 e. The van der Waals surface area contributed by atoms with E-state index >= 15 is 0 Å². The van der Waals surface area contributed by atoms with Gasteiger partial charge in [-0.15, -0.1) is 0 Å². The number of hydrogen-bond donors (Lipinski definition) is 1. The van der Waals surface area contributed by atoms with Crippen molar-refractivity contribution in [2.75, 3.05) is 6.54 Å². The van der Waals surface area contributed by atoms with Crippen molar-refractivity contribution in [3.8, 4) is 0 Å². The number of carboxylic acid groups (broad SMARTS) is 1. The predicted octanol–water partition coefficient (Wildman–Crippen LogP) is 1.65. The third-order valence-corrected chi connectivity index (χ3v) is 3.33. The summed E-state index contributed by atoms with van der Waals surface area (Å²) in [6.45, 7) is 6.38. The van der Waals surface area contributed by atoms with Crippen molar-refractivity contribution in [1.29, 1.82) is 0 Å². The Balaban J connectivity index is 2.01. The highest BCUT2D eigenvalue weighted by molar-refractivity contribution is 5.66. The van der Waals surface area contributed by atoms with E-state index in [1.165, 1.54) is 18.5 Å². The second-order valence-electron chi connectivity index (χ2n) is 4.94. The van der Waals surface area contributed by atoms with Gasteiger partial charge in [0.2, 0.25) is 0 Å². The van der Waals surface area contributed by atoms with Gasteiger partial charge in [-0.3, -0.25) is 14.4 Å². The molecular weight excluding hydrogens is 230 g/mol. The van der Waals surface area contributed by atoms with Crippen molar-refractivity contribution < 1.29 is 9.90 Å². The Morgan fingerprint density at radius 3 is 2.89 bits per heavy atom. The average Bonchev–Trinajstić information content (AvgIpc) is 3.09. The minimum absolute atomic E-state index is 0.218. The van der Waals surface area contributed by atoms with E-state index in [2.05, 4.69) is 23.0 Å². The van der Waals surface area contributed by atoms with E-state index in [0.717, 1.165) is 18.8 Å². The van der Waals surface area contributed by atoms with Gasteiger partial charge in [0.05, 0.1) is 17.8 Å². The summed E-state index contributed by atoms with van der Waals surface area (Å²) in [5, 5.41) is 13.2. The molecule has 5 nitrogen and oxygen atoms in total. The van der Waals surface area contributed by atoms with Gasteiger partial charge in [-0.1, -0.05) is 0 Å². The van der Waals surface area contributed by atoms with E-state index in [1.807, 2.05) is 11.6 Å². The standard InChI is InChI=1S/C13H21N3O2/c1-3-16-12(8-10(2)14-16)9-15(11-4-5-11)7-6-13(17)18/h8,11H,3-7,9H2,1-2H3,(H,17,18). The second-order valence-corrected chi connectivity index (χ2v) is 4.94. The number of hydrogen-bond acceptors (Lipinski definition) is 3. The zero-order valence-corrected chi connectivity index (χ0v) is 11.1. The summed E-state index contributed by atoms with van der Waals surface area (Å²) in [4.78, 5) is 13.0. The summed E-state index contributed by atoms with van der Waals surface area (Å²) in [6, 6.07) is 2.67. The number of aliphatic carboxylic acids is 1. The van der Waals surface area contributed by atoms with Gasteiger partial charge >= 0.3 is 5.97 Å². The minimum atomic E-state index is -0.721. The summed E-state index contributed by atoms with van der Waals surface area (Å²) in [5.74, 6) is -0.721. The molecule has 0 spiro atoms. The molecule has 0 aliphatic heterocycles. The molecule has 0 atom stereocenters. The van der Waals surface area contributed by atoms with Crippen LogP contribution in [0.15, 0.2) is 6.07 Å². The first-order valence-electron chi connectivity index (χ1n) is 6.59. The molecule has 1 saturated carbocycles. The summed E-state index contributed by atoms with van der Waals surface area (Å²) in [7, 11) is 0. The van der Waals surface area contributed by atoms with Gasteiger partial charge in [-0.2, -0.15) is 5.10 Å². The molecule has 0 amide bonds. The Hall–Kier alpha value is -1.36.